The minimum Gasteiger partial charge on any atom is -0.397 e. The quantitative estimate of drug-likeness (QED) is 0.623. The summed E-state index contributed by atoms with van der Waals surface area (Å²) in [5, 5.41) is 0.953. The molecule has 3 heterocycles. The Hall–Kier alpha value is -2.40. The lowest BCUT2D eigenvalue weighted by molar-refractivity contribution is 0.0990. The van der Waals surface area contributed by atoms with E-state index in [9.17, 15) is 4.79 Å². The number of aryl methyl sites for hydroxylation is 3. The van der Waals surface area contributed by atoms with Gasteiger partial charge in [0.1, 0.15) is 9.71 Å². The van der Waals surface area contributed by atoms with E-state index < -0.39 is 0 Å². The van der Waals surface area contributed by atoms with Gasteiger partial charge in [0, 0.05) is 23.3 Å². The molecule has 1 aromatic carbocycles. The summed E-state index contributed by atoms with van der Waals surface area (Å²) in [6.45, 7) is 0.744. The topological polar surface area (TPSA) is 59.2 Å². The second-order valence-electron chi connectivity index (χ2n) is 7.54. The number of nitrogen functional groups attached to an aromatic ring is 1. The number of aromatic nitrogens is 1. The number of nitrogens with zero attached hydrogens (tertiary/aromatic N) is 2. The molecule has 0 bridgehead atoms. The van der Waals surface area contributed by atoms with Crippen LogP contribution < -0.4 is 10.6 Å². The molecular formula is C22H23N3OS. The number of amides is 1. The van der Waals surface area contributed by atoms with Crippen molar-refractivity contribution in [3.8, 4) is 0 Å². The second kappa shape index (κ2) is 6.64. The molecule has 2 aromatic heterocycles. The van der Waals surface area contributed by atoms with Crippen molar-refractivity contribution in [1.82, 2.24) is 4.98 Å². The Morgan fingerprint density at radius 3 is 2.78 bits per heavy atom. The van der Waals surface area contributed by atoms with Crippen LogP contribution in [0.2, 0.25) is 0 Å². The van der Waals surface area contributed by atoms with Crippen LogP contribution in [0, 0.1) is 0 Å². The standard InChI is InChI=1S/C22H23N3OS/c23-19-16-13-15-8-2-1-3-10-17(15)24-21(16)27-20(19)22(26)25-12-6-9-14-7-4-5-11-18(14)25/h4-5,7,11,13H,1-3,6,8-10,12,23H2. The van der Waals surface area contributed by atoms with Crippen LogP contribution in [0.25, 0.3) is 10.2 Å². The maximum Gasteiger partial charge on any atom is 0.270 e. The molecule has 5 rings (SSSR count). The molecule has 0 spiro atoms. The SMILES string of the molecule is Nc1c(C(=O)N2CCCc3ccccc32)sc2nc3c(cc12)CCCCC3. The number of anilines is 2. The van der Waals surface area contributed by atoms with Crippen molar-refractivity contribution in [2.75, 3.05) is 17.2 Å². The highest BCUT2D eigenvalue weighted by molar-refractivity contribution is 7.21. The summed E-state index contributed by atoms with van der Waals surface area (Å²) in [5.74, 6) is 0.0119. The van der Waals surface area contributed by atoms with Gasteiger partial charge in [0.05, 0.1) is 5.69 Å². The molecule has 4 nitrogen and oxygen atoms in total. The van der Waals surface area contributed by atoms with E-state index in [1.54, 1.807) is 0 Å². The van der Waals surface area contributed by atoms with Crippen LogP contribution in [-0.2, 0) is 19.3 Å². The molecule has 3 aromatic rings. The van der Waals surface area contributed by atoms with Gasteiger partial charge in [0.15, 0.2) is 0 Å². The van der Waals surface area contributed by atoms with Gasteiger partial charge in [-0.3, -0.25) is 4.79 Å². The van der Waals surface area contributed by atoms with E-state index in [0.717, 1.165) is 48.1 Å². The average Bonchev–Trinajstić information content (AvgIpc) is 2.87. The third-order valence-electron chi connectivity index (χ3n) is 5.80. The van der Waals surface area contributed by atoms with Gasteiger partial charge in [0.25, 0.3) is 5.91 Å². The Balaban J connectivity index is 1.57. The summed E-state index contributed by atoms with van der Waals surface area (Å²) in [4.78, 5) is 21.7. The second-order valence-corrected chi connectivity index (χ2v) is 8.54. The number of carbonyl (C=O) groups is 1. The molecule has 138 valence electrons. The lowest BCUT2D eigenvalue weighted by Gasteiger charge is -2.29. The van der Waals surface area contributed by atoms with Crippen LogP contribution in [0.4, 0.5) is 11.4 Å². The minimum absolute atomic E-state index is 0.0119. The summed E-state index contributed by atoms with van der Waals surface area (Å²) in [5.41, 5.74) is 11.8. The minimum atomic E-state index is 0.0119. The third kappa shape index (κ3) is 2.81. The highest BCUT2D eigenvalue weighted by Crippen LogP contribution is 2.37. The van der Waals surface area contributed by atoms with Crippen molar-refractivity contribution in [1.29, 1.82) is 0 Å². The van der Waals surface area contributed by atoms with E-state index in [2.05, 4.69) is 12.1 Å². The van der Waals surface area contributed by atoms with Crippen molar-refractivity contribution in [2.45, 2.75) is 44.9 Å². The van der Waals surface area contributed by atoms with E-state index in [4.69, 9.17) is 10.7 Å². The highest BCUT2D eigenvalue weighted by Gasteiger charge is 2.27. The lowest BCUT2D eigenvalue weighted by atomic mass is 10.0. The molecule has 2 aliphatic rings. The van der Waals surface area contributed by atoms with Crippen molar-refractivity contribution >= 4 is 38.8 Å². The maximum atomic E-state index is 13.4. The summed E-state index contributed by atoms with van der Waals surface area (Å²) >= 11 is 1.45. The van der Waals surface area contributed by atoms with Crippen LogP contribution in [-0.4, -0.2) is 17.4 Å². The van der Waals surface area contributed by atoms with Gasteiger partial charge in [-0.1, -0.05) is 24.6 Å². The van der Waals surface area contributed by atoms with E-state index in [0.29, 0.717) is 10.6 Å². The number of para-hydroxylation sites is 1. The zero-order chi connectivity index (χ0) is 18.4. The van der Waals surface area contributed by atoms with E-state index in [1.807, 2.05) is 23.1 Å². The van der Waals surface area contributed by atoms with Crippen LogP contribution in [0.15, 0.2) is 30.3 Å². The molecule has 5 heteroatoms. The molecule has 2 N–H and O–H groups in total. The fourth-order valence-corrected chi connectivity index (χ4v) is 5.41. The van der Waals surface area contributed by atoms with Gasteiger partial charge in [0.2, 0.25) is 0 Å². The van der Waals surface area contributed by atoms with Gasteiger partial charge in [-0.2, -0.15) is 0 Å². The van der Waals surface area contributed by atoms with Gasteiger partial charge in [-0.15, -0.1) is 11.3 Å². The van der Waals surface area contributed by atoms with E-state index in [-0.39, 0.29) is 5.91 Å². The fraction of sp³-hybridized carbons (Fsp3) is 0.364. The maximum absolute atomic E-state index is 13.4. The van der Waals surface area contributed by atoms with E-state index >= 15 is 0 Å². The number of carbonyl (C=O) groups excluding carboxylic acids is 1. The van der Waals surface area contributed by atoms with Gasteiger partial charge in [-0.05, 0) is 61.8 Å². The number of nitrogens with two attached hydrogens (primary N) is 1. The molecule has 0 radical (unpaired) electrons. The first-order valence-electron chi connectivity index (χ1n) is 9.83. The number of pyridine rings is 1. The monoisotopic (exact) mass is 377 g/mol. The van der Waals surface area contributed by atoms with Gasteiger partial charge < -0.3 is 10.6 Å². The predicted octanol–water partition coefficient (Wildman–Crippen LogP) is 4.74. The van der Waals surface area contributed by atoms with Crippen molar-refractivity contribution in [2.24, 2.45) is 0 Å². The number of hydrogen-bond acceptors (Lipinski definition) is 4. The zero-order valence-electron chi connectivity index (χ0n) is 15.3. The zero-order valence-corrected chi connectivity index (χ0v) is 16.1. The Morgan fingerprint density at radius 1 is 1.04 bits per heavy atom. The van der Waals surface area contributed by atoms with Crippen LogP contribution in [0.3, 0.4) is 0 Å². The number of fused-ring (bicyclic) bond motifs is 3. The van der Waals surface area contributed by atoms with Crippen LogP contribution in [0.1, 0.15) is 52.2 Å². The molecule has 27 heavy (non-hydrogen) atoms. The van der Waals surface area contributed by atoms with Crippen LogP contribution in [0.5, 0.6) is 0 Å². The predicted molar refractivity (Wildman–Crippen MR) is 112 cm³/mol. The largest absolute Gasteiger partial charge is 0.397 e. The summed E-state index contributed by atoms with van der Waals surface area (Å²) in [7, 11) is 0. The first kappa shape index (κ1) is 16.8. The fourth-order valence-electron chi connectivity index (χ4n) is 4.36. The lowest BCUT2D eigenvalue weighted by Crippen LogP contribution is -2.35. The van der Waals surface area contributed by atoms with Crippen molar-refractivity contribution in [3.63, 3.8) is 0 Å². The molecule has 0 atom stereocenters. The Bertz CT molecular complexity index is 1040. The molecule has 1 aliphatic carbocycles. The van der Waals surface area contributed by atoms with Crippen molar-refractivity contribution < 1.29 is 4.79 Å². The van der Waals surface area contributed by atoms with Crippen LogP contribution >= 0.6 is 11.3 Å². The number of rotatable bonds is 1. The Kier molecular flexibility index (Phi) is 4.12. The molecular weight excluding hydrogens is 354 g/mol. The first-order valence-corrected chi connectivity index (χ1v) is 10.6. The summed E-state index contributed by atoms with van der Waals surface area (Å²) < 4.78 is 0. The molecule has 1 aliphatic heterocycles. The summed E-state index contributed by atoms with van der Waals surface area (Å²) in [6.07, 6.45) is 7.78. The molecule has 0 saturated heterocycles. The Labute approximate surface area is 163 Å². The summed E-state index contributed by atoms with van der Waals surface area (Å²) in [6, 6.07) is 10.4. The smallest absolute Gasteiger partial charge is 0.270 e. The van der Waals surface area contributed by atoms with Crippen molar-refractivity contribution in [3.05, 3.63) is 52.0 Å². The number of benzene rings is 1. The molecule has 0 unspecified atom stereocenters. The first-order chi connectivity index (χ1) is 13.2. The number of hydrogen-bond donors (Lipinski definition) is 1. The Morgan fingerprint density at radius 2 is 1.85 bits per heavy atom. The third-order valence-corrected chi connectivity index (χ3v) is 6.90. The van der Waals surface area contributed by atoms with E-state index in [1.165, 1.54) is 47.4 Å². The average molecular weight is 378 g/mol. The molecule has 0 saturated carbocycles. The van der Waals surface area contributed by atoms with Gasteiger partial charge in [-0.25, -0.2) is 4.98 Å². The number of thiophene rings is 1. The molecule has 1 amide bonds. The van der Waals surface area contributed by atoms with Gasteiger partial charge >= 0.3 is 0 Å². The normalized spacial score (nSPS) is 16.7. The highest BCUT2D eigenvalue weighted by atomic mass is 32.1. The molecule has 0 fully saturated rings.